The molecule has 7 heteroatoms. The molecule has 0 aliphatic rings. The second-order valence-corrected chi connectivity index (χ2v) is 11.4. The van der Waals surface area contributed by atoms with Gasteiger partial charge in [0.2, 0.25) is 0 Å². The van der Waals surface area contributed by atoms with Gasteiger partial charge in [0.15, 0.2) is 0 Å². The molecule has 2 amide bonds. The maximum atomic E-state index is 13.0. The first-order valence-electron chi connectivity index (χ1n) is 10.2. The van der Waals surface area contributed by atoms with Crippen LogP contribution in [0.25, 0.3) is 20.2 Å². The molecule has 5 rings (SSSR count). The fraction of sp³-hybridized carbons (Fsp3) is 0.0385. The Labute approximate surface area is 205 Å². The summed E-state index contributed by atoms with van der Waals surface area (Å²) in [5.41, 5.74) is 1.15. The van der Waals surface area contributed by atoms with Crippen LogP contribution in [0.4, 0.5) is 0 Å². The van der Waals surface area contributed by atoms with Gasteiger partial charge >= 0.3 is 206 Å². The first-order chi connectivity index (χ1) is 16.2. The molecule has 1 N–H and O–H groups in total. The normalized spacial score (nSPS) is 11.7. The molecule has 0 radical (unpaired) electrons. The van der Waals surface area contributed by atoms with Gasteiger partial charge in [0.25, 0.3) is 0 Å². The molecule has 0 atom stereocenters. The minimum absolute atomic E-state index is 0.208. The van der Waals surface area contributed by atoms with E-state index in [0.717, 1.165) is 31.1 Å². The molecule has 0 aliphatic heterocycles. The van der Waals surface area contributed by atoms with E-state index in [-0.39, 0.29) is 26.8 Å². The van der Waals surface area contributed by atoms with Crippen LogP contribution in [-0.4, -0.2) is 31.5 Å². The van der Waals surface area contributed by atoms with Gasteiger partial charge in [0.1, 0.15) is 0 Å². The Morgan fingerprint density at radius 2 is 1.33 bits per heavy atom. The van der Waals surface area contributed by atoms with Crippen molar-refractivity contribution in [1.82, 2.24) is 5.32 Å². The summed E-state index contributed by atoms with van der Waals surface area (Å²) in [4.78, 5) is 31.5. The summed E-state index contributed by atoms with van der Waals surface area (Å²) in [7, 11) is 0. The zero-order valence-electron chi connectivity index (χ0n) is 17.4. The monoisotopic (exact) mass is 534 g/mol. The van der Waals surface area contributed by atoms with Crippen LogP contribution < -0.4 is 5.32 Å². The molecule has 0 aliphatic carbocycles. The Kier molecular flexibility index (Phi) is 6.46. The van der Waals surface area contributed by atoms with Crippen LogP contribution in [0.2, 0.25) is 0 Å². The molecule has 4 nitrogen and oxygen atoms in total. The zero-order chi connectivity index (χ0) is 22.6. The average molecular weight is 534 g/mol. The molecular weight excluding hydrogens is 515 g/mol. The van der Waals surface area contributed by atoms with Crippen LogP contribution in [0, 0.1) is 0 Å². The maximum absolute atomic E-state index is 13.0. The molecule has 0 saturated heterocycles. The first kappa shape index (κ1) is 21.7. The fourth-order valence-electron chi connectivity index (χ4n) is 3.31. The Balaban J connectivity index is 1.41. The summed E-state index contributed by atoms with van der Waals surface area (Å²) in [5, 5.41) is 5.72. The number of rotatable bonds is 5. The summed E-state index contributed by atoms with van der Waals surface area (Å²) in [5.74, 6) is -0.549. The second kappa shape index (κ2) is 9.81. The molecule has 0 fully saturated rings. The van der Waals surface area contributed by atoms with Crippen molar-refractivity contribution in [2.24, 2.45) is 4.99 Å². The number of nitrogens with zero attached hydrogens (tertiary/aromatic N) is 1. The molecule has 3 aromatic carbocycles. The molecule has 33 heavy (non-hydrogen) atoms. The van der Waals surface area contributed by atoms with E-state index >= 15 is 0 Å². The first-order valence-corrected chi connectivity index (χ1v) is 13.9. The number of amidine groups is 1. The number of hydrogen-bond donors (Lipinski definition) is 1. The van der Waals surface area contributed by atoms with Gasteiger partial charge in [-0.05, 0) is 0 Å². The van der Waals surface area contributed by atoms with Crippen molar-refractivity contribution in [2.45, 2.75) is 5.32 Å². The second-order valence-electron chi connectivity index (χ2n) is 7.25. The number of fused-ring (bicyclic) bond motifs is 2. The van der Waals surface area contributed by atoms with E-state index in [4.69, 9.17) is 0 Å². The number of nitrogens with one attached hydrogen (secondary N) is 1. The van der Waals surface area contributed by atoms with Gasteiger partial charge in [-0.2, -0.15) is 0 Å². The fourth-order valence-corrected chi connectivity index (χ4v) is 6.91. The number of benzene rings is 3. The van der Waals surface area contributed by atoms with Crippen LogP contribution >= 0.6 is 22.7 Å². The molecule has 0 saturated carbocycles. The van der Waals surface area contributed by atoms with E-state index in [2.05, 4.69) is 10.3 Å². The summed E-state index contributed by atoms with van der Waals surface area (Å²) >= 11 is 2.65. The van der Waals surface area contributed by atoms with Crippen molar-refractivity contribution >= 4 is 74.4 Å². The molecule has 2 aromatic heterocycles. The molecule has 0 unspecified atom stereocenters. The molecular formula is C26H18N2O2S2Se. The van der Waals surface area contributed by atoms with Crippen LogP contribution in [-0.2, 0) is 5.32 Å². The van der Waals surface area contributed by atoms with Crippen molar-refractivity contribution in [1.29, 1.82) is 0 Å². The summed E-state index contributed by atoms with van der Waals surface area (Å²) in [6.45, 7) is 0. The van der Waals surface area contributed by atoms with Gasteiger partial charge < -0.3 is 0 Å². The SMILES string of the molecule is O=C(N=C(NC(=O)c1cc2ccccc2s1)[Se]Cc1ccccc1)c1cc2ccccc2s1. The van der Waals surface area contributed by atoms with E-state index in [1.807, 2.05) is 91.0 Å². The Morgan fingerprint density at radius 3 is 2.00 bits per heavy atom. The minimum atomic E-state index is -0.322. The van der Waals surface area contributed by atoms with E-state index in [0.29, 0.717) is 14.5 Å². The molecule has 162 valence electrons. The number of aliphatic imine (C=N–C) groups is 1. The van der Waals surface area contributed by atoms with Crippen molar-refractivity contribution < 1.29 is 9.59 Å². The van der Waals surface area contributed by atoms with Crippen LogP contribution in [0.1, 0.15) is 24.9 Å². The number of hydrogen-bond acceptors (Lipinski definition) is 4. The predicted octanol–water partition coefficient (Wildman–Crippen LogP) is 5.95. The van der Waals surface area contributed by atoms with Gasteiger partial charge in [0.05, 0.1) is 0 Å². The standard InChI is InChI=1S/C26H18N2O2S2Se/c29-24(22-14-18-10-4-6-12-20(18)31-22)27-26(33-16-17-8-2-1-3-9-17)28-25(30)23-15-19-11-5-7-13-21(19)32-23/h1-15H,16H2,(H,27,28,29,30). The van der Waals surface area contributed by atoms with Crippen LogP contribution in [0.5, 0.6) is 0 Å². The summed E-state index contributed by atoms with van der Waals surface area (Å²) in [6.07, 6.45) is 0. The van der Waals surface area contributed by atoms with E-state index < -0.39 is 0 Å². The van der Waals surface area contributed by atoms with E-state index in [1.54, 1.807) is 0 Å². The molecule has 2 heterocycles. The number of carbonyl (C=O) groups excluding carboxylic acids is 2. The van der Waals surface area contributed by atoms with Gasteiger partial charge in [-0.25, -0.2) is 0 Å². The summed E-state index contributed by atoms with van der Waals surface area (Å²) in [6, 6.07) is 29.5. The topological polar surface area (TPSA) is 58.5 Å². The van der Waals surface area contributed by atoms with Crippen molar-refractivity contribution in [2.75, 3.05) is 0 Å². The van der Waals surface area contributed by atoms with Gasteiger partial charge in [-0.1, -0.05) is 0 Å². The Bertz CT molecular complexity index is 1420. The molecule has 5 aromatic rings. The third-order valence-electron chi connectivity index (χ3n) is 4.93. The summed E-state index contributed by atoms with van der Waals surface area (Å²) < 4.78 is 2.54. The van der Waals surface area contributed by atoms with Crippen molar-refractivity contribution in [3.8, 4) is 0 Å². The van der Waals surface area contributed by atoms with E-state index in [1.165, 1.54) is 22.7 Å². The number of amides is 2. The number of thiophene rings is 2. The third kappa shape index (κ3) is 5.13. The average Bonchev–Trinajstić information content (AvgIpc) is 3.47. The zero-order valence-corrected chi connectivity index (χ0v) is 20.7. The Hall–Kier alpha value is -3.09. The third-order valence-corrected chi connectivity index (χ3v) is 9.13. The van der Waals surface area contributed by atoms with Gasteiger partial charge in [-0.3, -0.25) is 0 Å². The molecule has 0 spiro atoms. The van der Waals surface area contributed by atoms with Crippen molar-refractivity contribution in [3.05, 3.63) is 106 Å². The van der Waals surface area contributed by atoms with Crippen LogP contribution in [0.15, 0.2) is 96.0 Å². The van der Waals surface area contributed by atoms with Crippen LogP contribution in [0.3, 0.4) is 0 Å². The quantitative estimate of drug-likeness (QED) is 0.173. The number of carbonyl (C=O) groups is 2. The van der Waals surface area contributed by atoms with Gasteiger partial charge in [-0.15, -0.1) is 0 Å². The van der Waals surface area contributed by atoms with E-state index in [9.17, 15) is 9.59 Å². The van der Waals surface area contributed by atoms with Gasteiger partial charge in [0, 0.05) is 0 Å². The van der Waals surface area contributed by atoms with Crippen molar-refractivity contribution in [3.63, 3.8) is 0 Å². The molecule has 0 bridgehead atoms. The Morgan fingerprint density at radius 1 is 0.758 bits per heavy atom. The predicted molar refractivity (Wildman–Crippen MR) is 139 cm³/mol.